The third kappa shape index (κ3) is 3.97. The van der Waals surface area contributed by atoms with Crippen LogP contribution < -0.4 is 10.6 Å². The fourth-order valence-corrected chi connectivity index (χ4v) is 3.06. The molecular weight excluding hydrogens is 246 g/mol. The zero-order valence-corrected chi connectivity index (χ0v) is 13.2. The first-order valence-corrected chi connectivity index (χ1v) is 7.85. The Morgan fingerprint density at radius 2 is 1.80 bits per heavy atom. The molecule has 112 valence electrons. The summed E-state index contributed by atoms with van der Waals surface area (Å²) in [7, 11) is 4.34. The molecule has 2 N–H and O–H groups in total. The second kappa shape index (κ2) is 7.09. The van der Waals surface area contributed by atoms with E-state index in [1.165, 1.54) is 43.7 Å². The SMILES string of the molecule is CC[C@H](N)c1ccc(N2CCC(CN(C)C)CC2)cc1. The molecule has 1 fully saturated rings. The summed E-state index contributed by atoms with van der Waals surface area (Å²) in [5.74, 6) is 0.856. The van der Waals surface area contributed by atoms with Crippen LogP contribution in [0.5, 0.6) is 0 Å². The summed E-state index contributed by atoms with van der Waals surface area (Å²) in [4.78, 5) is 4.81. The molecule has 1 aliphatic heterocycles. The Labute approximate surface area is 123 Å². The second-order valence-corrected chi connectivity index (χ2v) is 6.30. The zero-order chi connectivity index (χ0) is 14.5. The maximum Gasteiger partial charge on any atom is 0.0366 e. The Hall–Kier alpha value is -1.06. The average molecular weight is 275 g/mol. The largest absolute Gasteiger partial charge is 0.372 e. The lowest BCUT2D eigenvalue weighted by Crippen LogP contribution is -2.37. The Morgan fingerprint density at radius 3 is 2.30 bits per heavy atom. The highest BCUT2D eigenvalue weighted by Gasteiger charge is 2.19. The van der Waals surface area contributed by atoms with E-state index in [0.717, 1.165) is 12.3 Å². The number of rotatable bonds is 5. The lowest BCUT2D eigenvalue weighted by atomic mass is 9.95. The van der Waals surface area contributed by atoms with Gasteiger partial charge in [0.25, 0.3) is 0 Å². The van der Waals surface area contributed by atoms with Gasteiger partial charge in [-0.2, -0.15) is 0 Å². The second-order valence-electron chi connectivity index (χ2n) is 6.30. The molecule has 0 aromatic heterocycles. The molecule has 3 nitrogen and oxygen atoms in total. The molecule has 0 amide bonds. The summed E-state index contributed by atoms with van der Waals surface area (Å²) in [5, 5.41) is 0. The van der Waals surface area contributed by atoms with Gasteiger partial charge in [0.2, 0.25) is 0 Å². The van der Waals surface area contributed by atoms with Gasteiger partial charge in [-0.05, 0) is 57.0 Å². The van der Waals surface area contributed by atoms with Crippen LogP contribution in [0.2, 0.25) is 0 Å². The topological polar surface area (TPSA) is 32.5 Å². The van der Waals surface area contributed by atoms with Gasteiger partial charge < -0.3 is 15.5 Å². The summed E-state index contributed by atoms with van der Waals surface area (Å²) >= 11 is 0. The molecule has 0 aliphatic carbocycles. The van der Waals surface area contributed by atoms with Crippen molar-refractivity contribution < 1.29 is 0 Å². The van der Waals surface area contributed by atoms with Crippen molar-refractivity contribution in [2.24, 2.45) is 11.7 Å². The van der Waals surface area contributed by atoms with Crippen LogP contribution in [0.1, 0.15) is 37.8 Å². The number of benzene rings is 1. The lowest BCUT2D eigenvalue weighted by molar-refractivity contribution is 0.285. The molecule has 20 heavy (non-hydrogen) atoms. The molecule has 0 bridgehead atoms. The molecule has 0 saturated carbocycles. The predicted molar refractivity (Wildman–Crippen MR) is 87.2 cm³/mol. The van der Waals surface area contributed by atoms with Crippen LogP contribution in [0.4, 0.5) is 5.69 Å². The standard InChI is InChI=1S/C17H29N3/c1-4-17(18)15-5-7-16(8-6-15)20-11-9-14(10-12-20)13-19(2)3/h5-8,14,17H,4,9-13,18H2,1-3H3/t17-/m0/s1. The first-order valence-electron chi connectivity index (χ1n) is 7.85. The van der Waals surface area contributed by atoms with Crippen LogP contribution in [0.3, 0.4) is 0 Å². The van der Waals surface area contributed by atoms with Gasteiger partial charge in [0.15, 0.2) is 0 Å². The van der Waals surface area contributed by atoms with E-state index in [9.17, 15) is 0 Å². The van der Waals surface area contributed by atoms with Crippen LogP contribution in [0.25, 0.3) is 0 Å². The number of nitrogens with two attached hydrogens (primary N) is 1. The maximum atomic E-state index is 6.07. The quantitative estimate of drug-likeness (QED) is 0.897. The van der Waals surface area contributed by atoms with E-state index >= 15 is 0 Å². The van der Waals surface area contributed by atoms with Crippen molar-refractivity contribution in [2.45, 2.75) is 32.2 Å². The molecule has 1 atom stereocenters. The summed E-state index contributed by atoms with van der Waals surface area (Å²) < 4.78 is 0. The summed E-state index contributed by atoms with van der Waals surface area (Å²) in [6.07, 6.45) is 3.60. The van der Waals surface area contributed by atoms with Gasteiger partial charge in [0, 0.05) is 31.4 Å². The van der Waals surface area contributed by atoms with Crippen molar-refractivity contribution in [1.82, 2.24) is 4.90 Å². The van der Waals surface area contributed by atoms with Crippen LogP contribution in [0, 0.1) is 5.92 Å². The van der Waals surface area contributed by atoms with Crippen molar-refractivity contribution in [3.05, 3.63) is 29.8 Å². The van der Waals surface area contributed by atoms with E-state index < -0.39 is 0 Å². The highest BCUT2D eigenvalue weighted by molar-refractivity contribution is 5.48. The van der Waals surface area contributed by atoms with E-state index in [-0.39, 0.29) is 6.04 Å². The highest BCUT2D eigenvalue weighted by Crippen LogP contribution is 2.25. The monoisotopic (exact) mass is 275 g/mol. The van der Waals surface area contributed by atoms with Crippen LogP contribution in [-0.2, 0) is 0 Å². The minimum absolute atomic E-state index is 0.176. The molecule has 2 rings (SSSR count). The van der Waals surface area contributed by atoms with Crippen molar-refractivity contribution in [2.75, 3.05) is 38.6 Å². The molecular formula is C17H29N3. The van der Waals surface area contributed by atoms with Gasteiger partial charge in [-0.25, -0.2) is 0 Å². The summed E-state index contributed by atoms with van der Waals surface area (Å²) in [6.45, 7) is 5.71. The van der Waals surface area contributed by atoms with E-state index in [2.05, 4.69) is 55.1 Å². The van der Waals surface area contributed by atoms with Crippen LogP contribution in [0.15, 0.2) is 24.3 Å². The minimum atomic E-state index is 0.176. The molecule has 1 aromatic rings. The van der Waals surface area contributed by atoms with Gasteiger partial charge in [0.05, 0.1) is 0 Å². The van der Waals surface area contributed by atoms with Gasteiger partial charge in [-0.1, -0.05) is 19.1 Å². The Bertz CT molecular complexity index is 391. The molecule has 1 saturated heterocycles. The van der Waals surface area contributed by atoms with E-state index in [1.807, 2.05) is 0 Å². The zero-order valence-electron chi connectivity index (χ0n) is 13.2. The Balaban J connectivity index is 1.90. The third-order valence-electron chi connectivity index (χ3n) is 4.36. The van der Waals surface area contributed by atoms with Gasteiger partial charge >= 0.3 is 0 Å². The molecule has 0 unspecified atom stereocenters. The van der Waals surface area contributed by atoms with Crippen molar-refractivity contribution in [3.63, 3.8) is 0 Å². The fourth-order valence-electron chi connectivity index (χ4n) is 3.06. The number of anilines is 1. The number of hydrogen-bond acceptors (Lipinski definition) is 3. The molecule has 1 heterocycles. The highest BCUT2D eigenvalue weighted by atomic mass is 15.1. The smallest absolute Gasteiger partial charge is 0.0366 e. The van der Waals surface area contributed by atoms with Gasteiger partial charge in [-0.3, -0.25) is 0 Å². The summed E-state index contributed by atoms with van der Waals surface area (Å²) in [6, 6.07) is 9.02. The molecule has 0 radical (unpaired) electrons. The molecule has 1 aliphatic rings. The van der Waals surface area contributed by atoms with E-state index in [4.69, 9.17) is 5.73 Å². The van der Waals surface area contributed by atoms with E-state index in [1.54, 1.807) is 0 Å². The van der Waals surface area contributed by atoms with Gasteiger partial charge in [-0.15, -0.1) is 0 Å². The minimum Gasteiger partial charge on any atom is -0.372 e. The normalized spacial score (nSPS) is 18.6. The fraction of sp³-hybridized carbons (Fsp3) is 0.647. The third-order valence-corrected chi connectivity index (χ3v) is 4.36. The Morgan fingerprint density at radius 1 is 1.20 bits per heavy atom. The maximum absolute atomic E-state index is 6.07. The molecule has 3 heteroatoms. The Kier molecular flexibility index (Phi) is 5.44. The van der Waals surface area contributed by atoms with E-state index in [0.29, 0.717) is 0 Å². The van der Waals surface area contributed by atoms with Crippen molar-refractivity contribution in [1.29, 1.82) is 0 Å². The first-order chi connectivity index (χ1) is 9.60. The number of piperidine rings is 1. The lowest BCUT2D eigenvalue weighted by Gasteiger charge is -2.34. The number of hydrogen-bond donors (Lipinski definition) is 1. The summed E-state index contributed by atoms with van der Waals surface area (Å²) in [5.41, 5.74) is 8.67. The van der Waals surface area contributed by atoms with Crippen molar-refractivity contribution in [3.8, 4) is 0 Å². The van der Waals surface area contributed by atoms with Gasteiger partial charge in [0.1, 0.15) is 0 Å². The van der Waals surface area contributed by atoms with Crippen LogP contribution in [-0.4, -0.2) is 38.6 Å². The first kappa shape index (κ1) is 15.3. The predicted octanol–water partition coefficient (Wildman–Crippen LogP) is 2.87. The average Bonchev–Trinajstić information content (AvgIpc) is 2.47. The van der Waals surface area contributed by atoms with Crippen molar-refractivity contribution >= 4 is 5.69 Å². The molecule has 0 spiro atoms. The molecule has 1 aromatic carbocycles. The number of nitrogens with zero attached hydrogens (tertiary/aromatic N) is 2. The van der Waals surface area contributed by atoms with Crippen LogP contribution >= 0.6 is 0 Å².